The number of carbonyl (C=O) groups excluding carboxylic acids is 1. The Labute approximate surface area is 122 Å². The maximum atomic E-state index is 12.0. The zero-order chi connectivity index (χ0) is 13.8. The first kappa shape index (κ1) is 13.7. The number of nitrogens with zero attached hydrogens (tertiary/aromatic N) is 2. The molecule has 2 aromatic rings. The molecule has 0 saturated heterocycles. The van der Waals surface area contributed by atoms with Gasteiger partial charge in [-0.1, -0.05) is 15.9 Å². The van der Waals surface area contributed by atoms with Crippen LogP contribution in [0.1, 0.15) is 21.1 Å². The fourth-order valence-corrected chi connectivity index (χ4v) is 2.43. The van der Waals surface area contributed by atoms with Gasteiger partial charge in [0.25, 0.3) is 5.91 Å². The summed E-state index contributed by atoms with van der Waals surface area (Å²) in [6.45, 7) is 0.305. The van der Waals surface area contributed by atoms with E-state index in [9.17, 15) is 4.79 Å². The molecule has 1 heterocycles. The Morgan fingerprint density at radius 2 is 2.37 bits per heavy atom. The lowest BCUT2D eigenvalue weighted by molar-refractivity contribution is 0.102. The molecular weight excluding hydrogens is 328 g/mol. The summed E-state index contributed by atoms with van der Waals surface area (Å²) in [7, 11) is 0. The van der Waals surface area contributed by atoms with E-state index in [-0.39, 0.29) is 5.91 Å². The SMILES string of the molecule is N#Cc1cc(Br)ccc1NC(=O)c1csc(CN)n1. The van der Waals surface area contributed by atoms with Gasteiger partial charge in [0.2, 0.25) is 0 Å². The van der Waals surface area contributed by atoms with Crippen molar-refractivity contribution in [2.24, 2.45) is 5.73 Å². The number of hydrogen-bond acceptors (Lipinski definition) is 5. The van der Waals surface area contributed by atoms with E-state index in [0.717, 1.165) is 4.47 Å². The van der Waals surface area contributed by atoms with Crippen molar-refractivity contribution in [3.63, 3.8) is 0 Å². The number of aromatic nitrogens is 1. The topological polar surface area (TPSA) is 91.8 Å². The minimum absolute atomic E-state index is 0.303. The van der Waals surface area contributed by atoms with E-state index in [0.29, 0.717) is 28.5 Å². The average Bonchev–Trinajstić information content (AvgIpc) is 2.89. The summed E-state index contributed by atoms with van der Waals surface area (Å²) in [5, 5.41) is 14.0. The third-order valence-electron chi connectivity index (χ3n) is 2.31. The van der Waals surface area contributed by atoms with Crippen LogP contribution in [-0.4, -0.2) is 10.9 Å². The number of nitriles is 1. The van der Waals surface area contributed by atoms with Gasteiger partial charge in [-0.05, 0) is 18.2 Å². The minimum Gasteiger partial charge on any atom is -0.325 e. The molecule has 3 N–H and O–H groups in total. The number of anilines is 1. The molecule has 5 nitrogen and oxygen atoms in total. The van der Waals surface area contributed by atoms with Crippen LogP contribution in [0.4, 0.5) is 5.69 Å². The summed E-state index contributed by atoms with van der Waals surface area (Å²) < 4.78 is 0.779. The van der Waals surface area contributed by atoms with Crippen LogP contribution in [0.25, 0.3) is 0 Å². The van der Waals surface area contributed by atoms with Gasteiger partial charge in [-0.2, -0.15) is 5.26 Å². The summed E-state index contributed by atoms with van der Waals surface area (Å²) in [5.74, 6) is -0.352. The Morgan fingerprint density at radius 3 is 3.00 bits per heavy atom. The van der Waals surface area contributed by atoms with E-state index in [1.165, 1.54) is 11.3 Å². The highest BCUT2D eigenvalue weighted by atomic mass is 79.9. The van der Waals surface area contributed by atoms with Gasteiger partial charge < -0.3 is 11.1 Å². The Morgan fingerprint density at radius 1 is 1.58 bits per heavy atom. The summed E-state index contributed by atoms with van der Waals surface area (Å²) in [6.07, 6.45) is 0. The largest absolute Gasteiger partial charge is 0.325 e. The number of benzene rings is 1. The fraction of sp³-hybridized carbons (Fsp3) is 0.0833. The van der Waals surface area contributed by atoms with Gasteiger partial charge in [0.1, 0.15) is 16.8 Å². The van der Waals surface area contributed by atoms with Crippen molar-refractivity contribution < 1.29 is 4.79 Å². The molecule has 7 heteroatoms. The first-order valence-corrected chi connectivity index (χ1v) is 6.96. The number of hydrogen-bond donors (Lipinski definition) is 2. The molecule has 96 valence electrons. The molecule has 0 aliphatic heterocycles. The van der Waals surface area contributed by atoms with Gasteiger partial charge in [-0.25, -0.2) is 4.98 Å². The predicted octanol–water partition coefficient (Wildman–Crippen LogP) is 2.49. The molecule has 2 rings (SSSR count). The van der Waals surface area contributed by atoms with Crippen LogP contribution in [0.5, 0.6) is 0 Å². The maximum Gasteiger partial charge on any atom is 0.275 e. The molecule has 0 aliphatic carbocycles. The smallest absolute Gasteiger partial charge is 0.275 e. The van der Waals surface area contributed by atoms with Crippen molar-refractivity contribution in [1.82, 2.24) is 4.98 Å². The molecule has 0 fully saturated rings. The summed E-state index contributed by atoms with van der Waals surface area (Å²) in [4.78, 5) is 16.1. The van der Waals surface area contributed by atoms with Crippen LogP contribution in [0.2, 0.25) is 0 Å². The molecule has 1 aromatic heterocycles. The number of thiazole rings is 1. The van der Waals surface area contributed by atoms with Gasteiger partial charge in [0, 0.05) is 16.4 Å². The highest BCUT2D eigenvalue weighted by Gasteiger charge is 2.12. The van der Waals surface area contributed by atoms with Crippen molar-refractivity contribution in [2.75, 3.05) is 5.32 Å². The van der Waals surface area contributed by atoms with E-state index < -0.39 is 0 Å². The molecule has 19 heavy (non-hydrogen) atoms. The molecule has 0 bridgehead atoms. The monoisotopic (exact) mass is 336 g/mol. The highest BCUT2D eigenvalue weighted by Crippen LogP contribution is 2.21. The molecule has 0 radical (unpaired) electrons. The molecule has 0 aliphatic rings. The van der Waals surface area contributed by atoms with Gasteiger partial charge in [0.05, 0.1) is 11.3 Å². The number of amides is 1. The Bertz CT molecular complexity index is 662. The van der Waals surface area contributed by atoms with Crippen LogP contribution < -0.4 is 11.1 Å². The lowest BCUT2D eigenvalue weighted by Crippen LogP contribution is -2.13. The summed E-state index contributed by atoms with van der Waals surface area (Å²) in [5.41, 5.74) is 6.59. The number of halogens is 1. The number of nitrogens with one attached hydrogen (secondary N) is 1. The van der Waals surface area contributed by atoms with Gasteiger partial charge in [0.15, 0.2) is 0 Å². The summed E-state index contributed by atoms with van der Waals surface area (Å²) >= 11 is 4.60. The highest BCUT2D eigenvalue weighted by molar-refractivity contribution is 9.10. The van der Waals surface area contributed by atoms with Crippen LogP contribution in [0.15, 0.2) is 28.1 Å². The second kappa shape index (κ2) is 5.93. The molecule has 0 unspecified atom stereocenters. The molecule has 0 atom stereocenters. The molecule has 0 saturated carbocycles. The Hall–Kier alpha value is -1.75. The Balaban J connectivity index is 2.22. The van der Waals surface area contributed by atoms with E-state index in [1.807, 2.05) is 6.07 Å². The lowest BCUT2D eigenvalue weighted by Gasteiger charge is -2.05. The molecular formula is C12H9BrN4OS. The van der Waals surface area contributed by atoms with Gasteiger partial charge in [-0.15, -0.1) is 11.3 Å². The van der Waals surface area contributed by atoms with E-state index in [2.05, 4.69) is 26.2 Å². The van der Waals surface area contributed by atoms with Crippen molar-refractivity contribution >= 4 is 38.9 Å². The first-order chi connectivity index (χ1) is 9.13. The van der Waals surface area contributed by atoms with Crippen molar-refractivity contribution in [3.8, 4) is 6.07 Å². The third kappa shape index (κ3) is 3.17. The van der Waals surface area contributed by atoms with Crippen LogP contribution in [0.3, 0.4) is 0 Å². The van der Waals surface area contributed by atoms with E-state index >= 15 is 0 Å². The van der Waals surface area contributed by atoms with Crippen LogP contribution in [-0.2, 0) is 6.54 Å². The van der Waals surface area contributed by atoms with E-state index in [1.54, 1.807) is 23.6 Å². The lowest BCUT2D eigenvalue weighted by atomic mass is 10.2. The average molecular weight is 337 g/mol. The molecule has 1 aromatic carbocycles. The number of nitrogens with two attached hydrogens (primary N) is 1. The first-order valence-electron chi connectivity index (χ1n) is 5.29. The van der Waals surface area contributed by atoms with Crippen LogP contribution in [0, 0.1) is 11.3 Å². The quantitative estimate of drug-likeness (QED) is 0.900. The Kier molecular flexibility index (Phi) is 4.27. The third-order valence-corrected chi connectivity index (χ3v) is 3.67. The van der Waals surface area contributed by atoms with Crippen molar-refractivity contribution in [3.05, 3.63) is 44.3 Å². The standard InChI is InChI=1S/C12H9BrN4OS/c13-8-1-2-9(7(3-8)4-14)17-12(18)10-6-19-11(5-15)16-10/h1-3,6H,5,15H2,(H,17,18). The number of carbonyl (C=O) groups is 1. The predicted molar refractivity (Wildman–Crippen MR) is 76.8 cm³/mol. The summed E-state index contributed by atoms with van der Waals surface area (Å²) in [6, 6.07) is 7.08. The van der Waals surface area contributed by atoms with E-state index in [4.69, 9.17) is 11.0 Å². The zero-order valence-corrected chi connectivity index (χ0v) is 12.1. The molecule has 1 amide bonds. The van der Waals surface area contributed by atoms with Crippen LogP contribution >= 0.6 is 27.3 Å². The second-order valence-electron chi connectivity index (χ2n) is 3.59. The fourth-order valence-electron chi connectivity index (χ4n) is 1.41. The zero-order valence-electron chi connectivity index (χ0n) is 9.68. The minimum atomic E-state index is -0.352. The normalized spacial score (nSPS) is 9.95. The maximum absolute atomic E-state index is 12.0. The second-order valence-corrected chi connectivity index (χ2v) is 5.44. The van der Waals surface area contributed by atoms with Gasteiger partial charge >= 0.3 is 0 Å². The molecule has 0 spiro atoms. The van der Waals surface area contributed by atoms with Crippen molar-refractivity contribution in [2.45, 2.75) is 6.54 Å². The van der Waals surface area contributed by atoms with Crippen molar-refractivity contribution in [1.29, 1.82) is 5.26 Å². The number of rotatable bonds is 3. The van der Waals surface area contributed by atoms with Gasteiger partial charge in [-0.3, -0.25) is 4.79 Å².